The molecule has 8 heteroatoms. The zero-order valence-corrected chi connectivity index (χ0v) is 12.8. The van der Waals surface area contributed by atoms with E-state index in [-0.39, 0.29) is 5.75 Å². The molecule has 2 heterocycles. The third kappa shape index (κ3) is 3.02. The number of rotatable bonds is 3. The van der Waals surface area contributed by atoms with Gasteiger partial charge in [0.25, 0.3) is 0 Å². The van der Waals surface area contributed by atoms with Crippen LogP contribution in [0.2, 0.25) is 0 Å². The molecule has 0 bridgehead atoms. The Morgan fingerprint density at radius 1 is 1.12 bits per heavy atom. The highest BCUT2D eigenvalue weighted by atomic mass is 16.7. The van der Waals surface area contributed by atoms with Gasteiger partial charge in [-0.3, -0.25) is 0 Å². The molecule has 1 fully saturated rings. The van der Waals surface area contributed by atoms with Gasteiger partial charge in [0.1, 0.15) is 35.7 Å². The van der Waals surface area contributed by atoms with Crippen molar-refractivity contribution in [3.63, 3.8) is 0 Å². The van der Waals surface area contributed by atoms with Crippen molar-refractivity contribution in [3.05, 3.63) is 40.2 Å². The Balaban J connectivity index is 1.86. The molecule has 1 aliphatic rings. The lowest BCUT2D eigenvalue weighted by molar-refractivity contribution is -0.277. The molecule has 1 aromatic carbocycles. The summed E-state index contributed by atoms with van der Waals surface area (Å²) in [5, 5.41) is 39.3. The summed E-state index contributed by atoms with van der Waals surface area (Å²) in [4.78, 5) is 11.6. The molecular weight excluding hydrogens is 320 g/mol. The Morgan fingerprint density at radius 3 is 2.58 bits per heavy atom. The zero-order chi connectivity index (χ0) is 17.4. The number of aliphatic hydroxyl groups is 4. The maximum atomic E-state index is 11.6. The van der Waals surface area contributed by atoms with E-state index in [1.165, 1.54) is 6.07 Å². The second-order valence-corrected chi connectivity index (χ2v) is 5.73. The molecule has 0 spiro atoms. The van der Waals surface area contributed by atoms with Crippen molar-refractivity contribution >= 4 is 11.0 Å². The first kappa shape index (κ1) is 16.9. The highest BCUT2D eigenvalue weighted by Crippen LogP contribution is 2.26. The second-order valence-electron chi connectivity index (χ2n) is 5.73. The van der Waals surface area contributed by atoms with Crippen molar-refractivity contribution in [2.45, 2.75) is 37.6 Å². The average Bonchev–Trinajstić information content (AvgIpc) is 2.56. The van der Waals surface area contributed by atoms with E-state index in [1.54, 1.807) is 25.1 Å². The van der Waals surface area contributed by atoms with Crippen LogP contribution in [0.3, 0.4) is 0 Å². The maximum Gasteiger partial charge on any atom is 0.339 e. The minimum absolute atomic E-state index is 0.235. The van der Waals surface area contributed by atoms with Crippen molar-refractivity contribution in [1.29, 1.82) is 0 Å². The van der Waals surface area contributed by atoms with Crippen LogP contribution in [-0.2, 0) is 4.74 Å². The summed E-state index contributed by atoms with van der Waals surface area (Å²) in [6, 6.07) is 6.39. The van der Waals surface area contributed by atoms with Crippen molar-refractivity contribution in [3.8, 4) is 5.75 Å². The van der Waals surface area contributed by atoms with Gasteiger partial charge in [-0.2, -0.15) is 0 Å². The fourth-order valence-corrected chi connectivity index (χ4v) is 2.57. The molecule has 2 aromatic rings. The van der Waals surface area contributed by atoms with Crippen molar-refractivity contribution in [2.75, 3.05) is 6.61 Å². The van der Waals surface area contributed by atoms with E-state index in [0.29, 0.717) is 16.5 Å². The molecule has 5 atom stereocenters. The number of aliphatic hydroxyl groups excluding tert-OH is 4. The molecule has 0 saturated carbocycles. The predicted molar refractivity (Wildman–Crippen MR) is 81.6 cm³/mol. The van der Waals surface area contributed by atoms with E-state index in [1.807, 2.05) is 0 Å². The van der Waals surface area contributed by atoms with Gasteiger partial charge in [0, 0.05) is 17.0 Å². The highest BCUT2D eigenvalue weighted by Gasteiger charge is 2.44. The van der Waals surface area contributed by atoms with Crippen LogP contribution < -0.4 is 10.4 Å². The van der Waals surface area contributed by atoms with Gasteiger partial charge in [0.2, 0.25) is 6.29 Å². The van der Waals surface area contributed by atoms with Crippen LogP contribution in [0.15, 0.2) is 33.5 Å². The van der Waals surface area contributed by atoms with E-state index in [2.05, 4.69) is 0 Å². The molecule has 1 aromatic heterocycles. The van der Waals surface area contributed by atoms with E-state index in [9.17, 15) is 20.1 Å². The van der Waals surface area contributed by atoms with Crippen LogP contribution in [-0.4, -0.2) is 57.7 Å². The standard InChI is InChI=1S/C16H18O8/c1-7-4-8-2-3-9(5-10(8)23-15(7)21)22-16-14(20)13(19)12(18)11(6-17)24-16/h2-5,11-14,16-20H,6H2,1H3/t11-,12-,13+,14-,16?/m1/s1. The molecule has 3 rings (SSSR count). The van der Waals surface area contributed by atoms with Gasteiger partial charge in [0.05, 0.1) is 6.61 Å². The first-order valence-corrected chi connectivity index (χ1v) is 7.42. The Bertz CT molecular complexity index is 783. The molecule has 130 valence electrons. The number of aryl methyl sites for hydroxylation is 1. The smallest absolute Gasteiger partial charge is 0.339 e. The van der Waals surface area contributed by atoms with Crippen LogP contribution in [0.25, 0.3) is 11.0 Å². The number of benzene rings is 1. The van der Waals surface area contributed by atoms with Gasteiger partial charge in [-0.1, -0.05) is 0 Å². The van der Waals surface area contributed by atoms with Gasteiger partial charge >= 0.3 is 5.63 Å². The Hall–Kier alpha value is -1.97. The SMILES string of the molecule is Cc1cc2ccc(OC3O[C@H](CO)[C@@H](O)[C@H](O)[C@H]3O)cc2oc1=O. The summed E-state index contributed by atoms with van der Waals surface area (Å²) in [7, 11) is 0. The topological polar surface area (TPSA) is 130 Å². The summed E-state index contributed by atoms with van der Waals surface area (Å²) in [5.41, 5.74) is 0.310. The van der Waals surface area contributed by atoms with Gasteiger partial charge in [-0.25, -0.2) is 4.79 Å². The normalized spacial score (nSPS) is 30.5. The highest BCUT2D eigenvalue weighted by molar-refractivity contribution is 5.78. The van der Waals surface area contributed by atoms with Crippen LogP contribution in [0.5, 0.6) is 5.75 Å². The van der Waals surface area contributed by atoms with Crippen molar-refractivity contribution in [1.82, 2.24) is 0 Å². The zero-order valence-electron chi connectivity index (χ0n) is 12.8. The van der Waals surface area contributed by atoms with Gasteiger partial charge in [0.15, 0.2) is 0 Å². The molecule has 4 N–H and O–H groups in total. The monoisotopic (exact) mass is 338 g/mol. The molecular formula is C16H18O8. The molecule has 0 radical (unpaired) electrons. The van der Waals surface area contributed by atoms with Crippen molar-refractivity contribution < 1.29 is 34.3 Å². The molecule has 0 aliphatic carbocycles. The van der Waals surface area contributed by atoms with Crippen LogP contribution in [0, 0.1) is 6.92 Å². The Labute approximate surface area is 136 Å². The molecule has 1 saturated heterocycles. The number of ether oxygens (including phenoxy) is 2. The fourth-order valence-electron chi connectivity index (χ4n) is 2.57. The molecule has 8 nitrogen and oxygen atoms in total. The summed E-state index contributed by atoms with van der Waals surface area (Å²) < 4.78 is 15.9. The first-order valence-electron chi connectivity index (χ1n) is 7.42. The molecule has 1 aliphatic heterocycles. The van der Waals surface area contributed by atoms with Gasteiger partial charge < -0.3 is 34.3 Å². The number of hydrogen-bond acceptors (Lipinski definition) is 8. The first-order chi connectivity index (χ1) is 11.4. The second kappa shape index (κ2) is 6.50. The van der Waals surface area contributed by atoms with Crippen molar-refractivity contribution in [2.24, 2.45) is 0 Å². The Kier molecular flexibility index (Phi) is 4.57. The molecule has 0 amide bonds. The summed E-state index contributed by atoms with van der Waals surface area (Å²) >= 11 is 0. The minimum atomic E-state index is -1.53. The lowest BCUT2D eigenvalue weighted by atomic mass is 9.99. The third-order valence-electron chi connectivity index (χ3n) is 3.98. The quantitative estimate of drug-likeness (QED) is 0.540. The predicted octanol–water partition coefficient (Wildman–Crippen LogP) is -0.720. The molecule has 1 unspecified atom stereocenters. The van der Waals surface area contributed by atoms with Gasteiger partial charge in [-0.15, -0.1) is 0 Å². The fraction of sp³-hybridized carbons (Fsp3) is 0.438. The number of fused-ring (bicyclic) bond motifs is 1. The van der Waals surface area contributed by atoms with E-state index in [0.717, 1.165) is 0 Å². The Morgan fingerprint density at radius 2 is 1.88 bits per heavy atom. The molecule has 24 heavy (non-hydrogen) atoms. The average molecular weight is 338 g/mol. The van der Waals surface area contributed by atoms with E-state index < -0.39 is 42.9 Å². The van der Waals surface area contributed by atoms with Crippen LogP contribution in [0.4, 0.5) is 0 Å². The summed E-state index contributed by atoms with van der Waals surface area (Å²) in [6.07, 6.45) is -6.85. The lowest BCUT2D eigenvalue weighted by Gasteiger charge is -2.39. The summed E-state index contributed by atoms with van der Waals surface area (Å²) in [5.74, 6) is 0.235. The van der Waals surface area contributed by atoms with Crippen LogP contribution in [0.1, 0.15) is 5.56 Å². The van der Waals surface area contributed by atoms with Crippen LogP contribution >= 0.6 is 0 Å². The van der Waals surface area contributed by atoms with E-state index >= 15 is 0 Å². The minimum Gasteiger partial charge on any atom is -0.462 e. The number of hydrogen-bond donors (Lipinski definition) is 4. The largest absolute Gasteiger partial charge is 0.462 e. The maximum absolute atomic E-state index is 11.6. The van der Waals surface area contributed by atoms with Gasteiger partial charge in [-0.05, 0) is 25.1 Å². The van der Waals surface area contributed by atoms with E-state index in [4.69, 9.17) is 19.0 Å². The lowest BCUT2D eigenvalue weighted by Crippen LogP contribution is -2.60. The third-order valence-corrected chi connectivity index (χ3v) is 3.98. The summed E-state index contributed by atoms with van der Waals surface area (Å²) in [6.45, 7) is 1.10.